The lowest BCUT2D eigenvalue weighted by Gasteiger charge is -2.17. The number of nitrogens with one attached hydrogen (secondary N) is 2. The summed E-state index contributed by atoms with van der Waals surface area (Å²) in [5, 5.41) is 2.87. The zero-order valence-corrected chi connectivity index (χ0v) is 17.3. The van der Waals surface area contributed by atoms with E-state index in [1.165, 1.54) is 5.56 Å². The van der Waals surface area contributed by atoms with E-state index >= 15 is 0 Å². The Morgan fingerprint density at radius 1 is 1.00 bits per heavy atom. The van der Waals surface area contributed by atoms with Gasteiger partial charge in [-0.2, -0.15) is 0 Å². The molecule has 6 heteroatoms. The van der Waals surface area contributed by atoms with Crippen molar-refractivity contribution in [3.8, 4) is 0 Å². The van der Waals surface area contributed by atoms with Crippen LogP contribution in [-0.2, 0) is 12.8 Å². The van der Waals surface area contributed by atoms with E-state index in [1.807, 2.05) is 25.1 Å². The van der Waals surface area contributed by atoms with Gasteiger partial charge in [-0.05, 0) is 67.6 Å². The number of para-hydroxylation sites is 1. The standard InChI is InChI=1S/C25H23N3O3/c1-15-22-19(6-4-8-21(22)29)27-23(15)24(30)26-18-11-9-17(10-12-18)25(31)28-14-13-16-5-2-3-7-20(16)28/h2-3,5,7,9-12,27H,4,6,8,13-14H2,1H3,(H,26,30). The Balaban J connectivity index is 1.32. The maximum absolute atomic E-state index is 13.0. The summed E-state index contributed by atoms with van der Waals surface area (Å²) in [6.45, 7) is 2.48. The number of anilines is 2. The van der Waals surface area contributed by atoms with Crippen molar-refractivity contribution in [2.24, 2.45) is 0 Å². The van der Waals surface area contributed by atoms with Gasteiger partial charge in [0.2, 0.25) is 0 Å². The minimum atomic E-state index is -0.285. The molecule has 1 aliphatic carbocycles. The Morgan fingerprint density at radius 3 is 2.55 bits per heavy atom. The molecule has 3 aromatic rings. The highest BCUT2D eigenvalue weighted by atomic mass is 16.2. The quantitative estimate of drug-likeness (QED) is 0.672. The first-order valence-electron chi connectivity index (χ1n) is 10.6. The number of ketones is 1. The zero-order chi connectivity index (χ0) is 21.5. The van der Waals surface area contributed by atoms with E-state index in [0.29, 0.717) is 41.0 Å². The molecule has 6 nitrogen and oxygen atoms in total. The van der Waals surface area contributed by atoms with Gasteiger partial charge in [0.25, 0.3) is 11.8 Å². The van der Waals surface area contributed by atoms with Gasteiger partial charge in [0.15, 0.2) is 5.78 Å². The molecule has 1 aromatic heterocycles. The van der Waals surface area contributed by atoms with Crippen molar-refractivity contribution in [2.75, 3.05) is 16.8 Å². The van der Waals surface area contributed by atoms with Crippen molar-refractivity contribution in [3.05, 3.63) is 82.2 Å². The summed E-state index contributed by atoms with van der Waals surface area (Å²) in [6.07, 6.45) is 2.98. The minimum Gasteiger partial charge on any atom is -0.354 e. The fraction of sp³-hybridized carbons (Fsp3) is 0.240. The zero-order valence-electron chi connectivity index (χ0n) is 17.3. The van der Waals surface area contributed by atoms with Gasteiger partial charge in [-0.3, -0.25) is 14.4 Å². The number of nitrogens with zero attached hydrogens (tertiary/aromatic N) is 1. The third kappa shape index (κ3) is 3.34. The van der Waals surface area contributed by atoms with Gasteiger partial charge < -0.3 is 15.2 Å². The van der Waals surface area contributed by atoms with Gasteiger partial charge in [0.05, 0.1) is 0 Å². The molecular weight excluding hydrogens is 390 g/mol. The number of H-pyrrole nitrogens is 1. The molecular formula is C25H23N3O3. The molecule has 0 fully saturated rings. The molecule has 0 spiro atoms. The molecule has 0 saturated heterocycles. The molecule has 156 valence electrons. The first-order valence-corrected chi connectivity index (χ1v) is 10.6. The third-order valence-corrected chi connectivity index (χ3v) is 6.19. The Morgan fingerprint density at radius 2 is 1.77 bits per heavy atom. The first kappa shape index (κ1) is 19.3. The maximum Gasteiger partial charge on any atom is 0.272 e. The monoisotopic (exact) mass is 413 g/mol. The highest BCUT2D eigenvalue weighted by Gasteiger charge is 2.27. The first-order chi connectivity index (χ1) is 15.0. The molecule has 2 heterocycles. The van der Waals surface area contributed by atoms with Crippen LogP contribution in [0.25, 0.3) is 0 Å². The number of carbonyl (C=O) groups excluding carboxylic acids is 3. The SMILES string of the molecule is Cc1c(C(=O)Nc2ccc(C(=O)N3CCc4ccccc43)cc2)[nH]c2c1C(=O)CCC2. The van der Waals surface area contributed by atoms with E-state index in [1.54, 1.807) is 29.2 Å². The fourth-order valence-electron chi connectivity index (χ4n) is 4.60. The minimum absolute atomic E-state index is 0.0470. The van der Waals surface area contributed by atoms with Crippen molar-refractivity contribution < 1.29 is 14.4 Å². The number of rotatable bonds is 3. The van der Waals surface area contributed by atoms with Crippen LogP contribution < -0.4 is 10.2 Å². The predicted octanol–water partition coefficient (Wildman–Crippen LogP) is 4.30. The topological polar surface area (TPSA) is 82.3 Å². The molecule has 2 amide bonds. The van der Waals surface area contributed by atoms with Crippen LogP contribution in [0.4, 0.5) is 11.4 Å². The molecule has 0 saturated carbocycles. The largest absolute Gasteiger partial charge is 0.354 e. The highest BCUT2D eigenvalue weighted by Crippen LogP contribution is 2.29. The summed E-state index contributed by atoms with van der Waals surface area (Å²) in [6, 6.07) is 14.9. The lowest BCUT2D eigenvalue weighted by molar-refractivity contribution is 0.0968. The van der Waals surface area contributed by atoms with E-state index in [-0.39, 0.29) is 17.6 Å². The molecule has 2 N–H and O–H groups in total. The van der Waals surface area contributed by atoms with Crippen LogP contribution >= 0.6 is 0 Å². The lowest BCUT2D eigenvalue weighted by atomic mass is 9.94. The molecule has 0 unspecified atom stereocenters. The van der Waals surface area contributed by atoms with Crippen molar-refractivity contribution in [1.29, 1.82) is 0 Å². The van der Waals surface area contributed by atoms with Crippen LogP contribution in [0.15, 0.2) is 48.5 Å². The fourth-order valence-corrected chi connectivity index (χ4v) is 4.60. The van der Waals surface area contributed by atoms with Gasteiger partial charge in [-0.1, -0.05) is 18.2 Å². The number of aryl methyl sites for hydroxylation is 1. The summed E-state index contributed by atoms with van der Waals surface area (Å²) in [5.74, 6) is -0.234. The van der Waals surface area contributed by atoms with E-state index < -0.39 is 0 Å². The molecule has 0 radical (unpaired) electrons. The van der Waals surface area contributed by atoms with Gasteiger partial charge in [0, 0.05) is 41.2 Å². The second-order valence-corrected chi connectivity index (χ2v) is 8.12. The number of Topliss-reactive ketones (excluding diaryl/α,β-unsaturated/α-hetero) is 1. The number of aromatic amines is 1. The molecule has 2 aromatic carbocycles. The van der Waals surface area contributed by atoms with E-state index in [4.69, 9.17) is 0 Å². The summed E-state index contributed by atoms with van der Waals surface area (Å²) in [7, 11) is 0. The summed E-state index contributed by atoms with van der Waals surface area (Å²) >= 11 is 0. The van der Waals surface area contributed by atoms with Crippen LogP contribution in [0.3, 0.4) is 0 Å². The van der Waals surface area contributed by atoms with Gasteiger partial charge >= 0.3 is 0 Å². The van der Waals surface area contributed by atoms with Crippen molar-refractivity contribution in [2.45, 2.75) is 32.6 Å². The average Bonchev–Trinajstić information content (AvgIpc) is 3.36. The summed E-state index contributed by atoms with van der Waals surface area (Å²) < 4.78 is 0. The second kappa shape index (κ2) is 7.54. The van der Waals surface area contributed by atoms with Crippen LogP contribution in [-0.4, -0.2) is 29.1 Å². The van der Waals surface area contributed by atoms with Crippen molar-refractivity contribution >= 4 is 29.0 Å². The summed E-state index contributed by atoms with van der Waals surface area (Å²) in [5.41, 5.74) is 5.97. The van der Waals surface area contributed by atoms with Crippen molar-refractivity contribution in [3.63, 3.8) is 0 Å². The third-order valence-electron chi connectivity index (χ3n) is 6.19. The van der Waals surface area contributed by atoms with Gasteiger partial charge in [-0.15, -0.1) is 0 Å². The summed E-state index contributed by atoms with van der Waals surface area (Å²) in [4.78, 5) is 42.9. The van der Waals surface area contributed by atoms with Crippen LogP contribution in [0.1, 0.15) is 60.9 Å². The Labute approximate surface area is 180 Å². The van der Waals surface area contributed by atoms with E-state index in [9.17, 15) is 14.4 Å². The molecule has 31 heavy (non-hydrogen) atoms. The molecule has 2 aliphatic rings. The van der Waals surface area contributed by atoms with E-state index in [2.05, 4.69) is 16.4 Å². The van der Waals surface area contributed by atoms with Crippen LogP contribution in [0.5, 0.6) is 0 Å². The van der Waals surface area contributed by atoms with Gasteiger partial charge in [-0.25, -0.2) is 0 Å². The van der Waals surface area contributed by atoms with Gasteiger partial charge in [0.1, 0.15) is 5.69 Å². The van der Waals surface area contributed by atoms with Crippen LogP contribution in [0.2, 0.25) is 0 Å². The molecule has 0 bridgehead atoms. The number of hydrogen-bond acceptors (Lipinski definition) is 3. The maximum atomic E-state index is 13.0. The number of aromatic nitrogens is 1. The average molecular weight is 413 g/mol. The van der Waals surface area contributed by atoms with Crippen molar-refractivity contribution in [1.82, 2.24) is 4.98 Å². The molecule has 5 rings (SSSR count). The lowest BCUT2D eigenvalue weighted by Crippen LogP contribution is -2.28. The Kier molecular flexibility index (Phi) is 4.70. The van der Waals surface area contributed by atoms with E-state index in [0.717, 1.165) is 30.6 Å². The molecule has 1 aliphatic heterocycles. The number of benzene rings is 2. The normalized spacial score (nSPS) is 14.9. The smallest absolute Gasteiger partial charge is 0.272 e. The molecule has 0 atom stereocenters. The number of fused-ring (bicyclic) bond motifs is 2. The Hall–Kier alpha value is -3.67. The Bertz CT molecular complexity index is 1210. The number of carbonyl (C=O) groups is 3. The predicted molar refractivity (Wildman–Crippen MR) is 119 cm³/mol. The van der Waals surface area contributed by atoms with Crippen LogP contribution in [0, 0.1) is 6.92 Å². The number of amides is 2. The number of hydrogen-bond donors (Lipinski definition) is 2. The second-order valence-electron chi connectivity index (χ2n) is 8.12. The highest BCUT2D eigenvalue weighted by molar-refractivity contribution is 6.09.